The van der Waals surface area contributed by atoms with Gasteiger partial charge in [-0.1, -0.05) is 24.8 Å². The maximum absolute atomic E-state index is 13.8. The number of thioether (sulfide) groups is 1. The summed E-state index contributed by atoms with van der Waals surface area (Å²) in [6.07, 6.45) is 0.958. The average molecular weight is 389 g/mol. The van der Waals surface area contributed by atoms with E-state index in [9.17, 15) is 4.39 Å². The zero-order valence-electron chi connectivity index (χ0n) is 15.4. The van der Waals surface area contributed by atoms with Crippen LogP contribution in [0.4, 0.5) is 4.39 Å². The van der Waals surface area contributed by atoms with Crippen LogP contribution in [-0.2, 0) is 6.42 Å². The van der Waals surface area contributed by atoms with Crippen LogP contribution in [0.25, 0.3) is 0 Å². The smallest absolute Gasteiger partial charge is 0.124 e. The molecule has 0 spiro atoms. The highest BCUT2D eigenvalue weighted by Crippen LogP contribution is 2.44. The van der Waals surface area contributed by atoms with Crippen molar-refractivity contribution in [2.24, 2.45) is 0 Å². The zero-order valence-corrected chi connectivity index (χ0v) is 17.0. The molecule has 0 amide bonds. The number of benzene rings is 2. The fourth-order valence-corrected chi connectivity index (χ4v) is 5.67. The molecule has 0 aliphatic carbocycles. The molecular weight excluding hydrogens is 363 g/mol. The van der Waals surface area contributed by atoms with E-state index < -0.39 is 0 Å². The lowest BCUT2D eigenvalue weighted by molar-refractivity contribution is 0.109. The van der Waals surface area contributed by atoms with Gasteiger partial charge in [-0.25, -0.2) is 4.39 Å². The minimum Gasteiger partial charge on any atom is -0.304 e. The predicted octanol–water partition coefficient (Wildman–Crippen LogP) is 4.93. The molecule has 1 fully saturated rings. The minimum absolute atomic E-state index is 0.144. The predicted molar refractivity (Wildman–Crippen MR) is 109 cm³/mol. The Morgan fingerprint density at radius 1 is 1.08 bits per heavy atom. The SMILES string of the molecule is CCSc1ccc2c(c1)[C@@H](N1CCN(C)CC1)Cc1ccc(F)cc1S2. The van der Waals surface area contributed by atoms with Gasteiger partial charge in [-0.3, -0.25) is 4.90 Å². The van der Waals surface area contributed by atoms with Crippen LogP contribution in [0.3, 0.4) is 0 Å². The van der Waals surface area contributed by atoms with Crippen molar-refractivity contribution in [3.8, 4) is 0 Å². The Morgan fingerprint density at radius 2 is 1.88 bits per heavy atom. The number of nitrogens with zero attached hydrogens (tertiary/aromatic N) is 2. The molecule has 4 rings (SSSR count). The summed E-state index contributed by atoms with van der Waals surface area (Å²) in [6, 6.07) is 12.5. The van der Waals surface area contributed by atoms with E-state index in [2.05, 4.69) is 42.0 Å². The number of hydrogen-bond acceptors (Lipinski definition) is 4. The number of likely N-dealkylation sites (N-methyl/N-ethyl adjacent to an activating group) is 1. The molecule has 0 bridgehead atoms. The average Bonchev–Trinajstić information content (AvgIpc) is 2.79. The first-order chi connectivity index (χ1) is 12.6. The van der Waals surface area contributed by atoms with Gasteiger partial charge in [-0.15, -0.1) is 11.8 Å². The summed E-state index contributed by atoms with van der Waals surface area (Å²) in [4.78, 5) is 8.70. The van der Waals surface area contributed by atoms with Crippen LogP contribution in [0.1, 0.15) is 24.1 Å². The molecule has 2 aliphatic rings. The summed E-state index contributed by atoms with van der Waals surface area (Å²) in [5, 5.41) is 0. The maximum Gasteiger partial charge on any atom is 0.124 e. The summed E-state index contributed by atoms with van der Waals surface area (Å²) < 4.78 is 13.8. The highest BCUT2D eigenvalue weighted by molar-refractivity contribution is 7.99. The van der Waals surface area contributed by atoms with E-state index in [4.69, 9.17) is 0 Å². The molecule has 26 heavy (non-hydrogen) atoms. The highest BCUT2D eigenvalue weighted by Gasteiger charge is 2.29. The second-order valence-corrected chi connectivity index (χ2v) is 9.47. The standard InChI is InChI=1S/C21H25FN2S2/c1-3-25-17-6-7-20-18(14-17)19(24-10-8-23(2)9-11-24)12-15-4-5-16(22)13-21(15)26-20/h4-7,13-14,19H,3,8-12H2,1-2H3/t19-/m0/s1. The van der Waals surface area contributed by atoms with Crippen LogP contribution < -0.4 is 0 Å². The molecule has 138 valence electrons. The molecular formula is C21H25FN2S2. The Morgan fingerprint density at radius 3 is 2.65 bits per heavy atom. The number of halogens is 1. The first-order valence-corrected chi connectivity index (χ1v) is 11.1. The van der Waals surface area contributed by atoms with Gasteiger partial charge in [0, 0.05) is 46.9 Å². The van der Waals surface area contributed by atoms with Crippen molar-refractivity contribution in [2.75, 3.05) is 39.0 Å². The molecule has 1 atom stereocenters. The van der Waals surface area contributed by atoms with Crippen molar-refractivity contribution in [1.29, 1.82) is 0 Å². The third-order valence-electron chi connectivity index (χ3n) is 5.29. The van der Waals surface area contributed by atoms with Crippen molar-refractivity contribution < 1.29 is 4.39 Å². The fraction of sp³-hybridized carbons (Fsp3) is 0.429. The molecule has 0 aromatic heterocycles. The van der Waals surface area contributed by atoms with E-state index in [1.807, 2.05) is 17.8 Å². The quantitative estimate of drug-likeness (QED) is 0.687. The third-order valence-corrected chi connectivity index (χ3v) is 7.36. The van der Waals surface area contributed by atoms with E-state index in [1.54, 1.807) is 23.9 Å². The molecule has 0 radical (unpaired) electrons. The molecule has 0 unspecified atom stereocenters. The van der Waals surface area contributed by atoms with Crippen LogP contribution in [0.15, 0.2) is 51.1 Å². The first kappa shape index (κ1) is 18.4. The zero-order chi connectivity index (χ0) is 18.1. The topological polar surface area (TPSA) is 6.48 Å². The number of piperazine rings is 1. The Kier molecular flexibility index (Phi) is 5.60. The van der Waals surface area contributed by atoms with E-state index in [0.717, 1.165) is 43.2 Å². The Bertz CT molecular complexity index is 788. The molecule has 2 aliphatic heterocycles. The second kappa shape index (κ2) is 7.93. The summed E-state index contributed by atoms with van der Waals surface area (Å²) in [6.45, 7) is 6.60. The first-order valence-electron chi connectivity index (χ1n) is 9.29. The summed E-state index contributed by atoms with van der Waals surface area (Å²) in [7, 11) is 2.20. The van der Waals surface area contributed by atoms with Crippen molar-refractivity contribution in [3.05, 3.63) is 53.3 Å². The molecule has 0 N–H and O–H groups in total. The van der Waals surface area contributed by atoms with E-state index in [-0.39, 0.29) is 5.82 Å². The molecule has 2 aromatic carbocycles. The Balaban J connectivity index is 1.75. The molecule has 2 nitrogen and oxygen atoms in total. The van der Waals surface area contributed by atoms with Crippen LogP contribution >= 0.6 is 23.5 Å². The minimum atomic E-state index is -0.144. The summed E-state index contributed by atoms with van der Waals surface area (Å²) in [5.74, 6) is 0.935. The van der Waals surface area contributed by atoms with Gasteiger partial charge in [-0.05, 0) is 60.7 Å². The van der Waals surface area contributed by atoms with Gasteiger partial charge in [0.05, 0.1) is 0 Å². The largest absolute Gasteiger partial charge is 0.304 e. The number of hydrogen-bond donors (Lipinski definition) is 0. The normalized spacial score (nSPS) is 21.1. The Hall–Kier alpha value is -1.01. The van der Waals surface area contributed by atoms with E-state index >= 15 is 0 Å². The fourth-order valence-electron chi connectivity index (χ4n) is 3.82. The van der Waals surface area contributed by atoms with Gasteiger partial charge in [0.25, 0.3) is 0 Å². The molecule has 2 heterocycles. The summed E-state index contributed by atoms with van der Waals surface area (Å²) >= 11 is 3.62. The monoisotopic (exact) mass is 388 g/mol. The molecule has 5 heteroatoms. The van der Waals surface area contributed by atoms with Gasteiger partial charge < -0.3 is 4.90 Å². The van der Waals surface area contributed by atoms with E-state index in [1.165, 1.54) is 20.9 Å². The van der Waals surface area contributed by atoms with Crippen LogP contribution in [0.2, 0.25) is 0 Å². The highest BCUT2D eigenvalue weighted by atomic mass is 32.2. The van der Waals surface area contributed by atoms with Gasteiger partial charge >= 0.3 is 0 Å². The van der Waals surface area contributed by atoms with Gasteiger partial charge in [0.15, 0.2) is 0 Å². The molecule has 0 saturated carbocycles. The lowest BCUT2D eigenvalue weighted by Crippen LogP contribution is -2.46. The Labute approximate surface area is 164 Å². The van der Waals surface area contributed by atoms with Crippen molar-refractivity contribution in [2.45, 2.75) is 34.1 Å². The van der Waals surface area contributed by atoms with Gasteiger partial charge in [0.2, 0.25) is 0 Å². The summed E-state index contributed by atoms with van der Waals surface area (Å²) in [5.41, 5.74) is 2.68. The lowest BCUT2D eigenvalue weighted by Gasteiger charge is -2.38. The van der Waals surface area contributed by atoms with Crippen molar-refractivity contribution in [1.82, 2.24) is 9.80 Å². The van der Waals surface area contributed by atoms with Crippen molar-refractivity contribution in [3.63, 3.8) is 0 Å². The van der Waals surface area contributed by atoms with Crippen LogP contribution in [-0.4, -0.2) is 48.8 Å². The number of rotatable bonds is 3. The van der Waals surface area contributed by atoms with Crippen LogP contribution in [0.5, 0.6) is 0 Å². The van der Waals surface area contributed by atoms with Gasteiger partial charge in [0.1, 0.15) is 5.82 Å². The van der Waals surface area contributed by atoms with Gasteiger partial charge in [-0.2, -0.15) is 0 Å². The number of fused-ring (bicyclic) bond motifs is 2. The third kappa shape index (κ3) is 3.81. The van der Waals surface area contributed by atoms with E-state index in [0.29, 0.717) is 6.04 Å². The van der Waals surface area contributed by atoms with Crippen LogP contribution in [0, 0.1) is 5.82 Å². The second-order valence-electron chi connectivity index (χ2n) is 7.05. The molecule has 1 saturated heterocycles. The van der Waals surface area contributed by atoms with Crippen molar-refractivity contribution >= 4 is 23.5 Å². The lowest BCUT2D eigenvalue weighted by atomic mass is 9.96. The maximum atomic E-state index is 13.8. The molecule has 2 aromatic rings.